The number of alkyl halides is 3. The molecule has 0 aliphatic heterocycles. The van der Waals surface area contributed by atoms with Crippen molar-refractivity contribution in [3.8, 4) is 11.3 Å². The van der Waals surface area contributed by atoms with Gasteiger partial charge in [-0.15, -0.1) is 0 Å². The van der Waals surface area contributed by atoms with Crippen LogP contribution in [0.2, 0.25) is 10.0 Å². The second-order valence-electron chi connectivity index (χ2n) is 4.49. The summed E-state index contributed by atoms with van der Waals surface area (Å²) in [6.45, 7) is 0. The van der Waals surface area contributed by atoms with Gasteiger partial charge in [0.2, 0.25) is 0 Å². The molecule has 23 heavy (non-hydrogen) atoms. The van der Waals surface area contributed by atoms with E-state index in [1.165, 1.54) is 18.2 Å². The van der Waals surface area contributed by atoms with Gasteiger partial charge >= 0.3 is 12.1 Å². The molecule has 0 fully saturated rings. The lowest BCUT2D eigenvalue weighted by Crippen LogP contribution is -2.13. The van der Waals surface area contributed by atoms with Gasteiger partial charge in [0.15, 0.2) is 10.7 Å². The highest BCUT2D eigenvalue weighted by Gasteiger charge is 2.40. The van der Waals surface area contributed by atoms with Gasteiger partial charge in [-0.3, -0.25) is 4.40 Å². The predicted molar refractivity (Wildman–Crippen MR) is 80.5 cm³/mol. The van der Waals surface area contributed by atoms with Gasteiger partial charge in [0.1, 0.15) is 4.88 Å². The zero-order valence-electron chi connectivity index (χ0n) is 10.9. The van der Waals surface area contributed by atoms with Gasteiger partial charge in [-0.1, -0.05) is 34.5 Å². The molecule has 1 aromatic carbocycles. The van der Waals surface area contributed by atoms with Crippen LogP contribution in [0.5, 0.6) is 0 Å². The van der Waals surface area contributed by atoms with Crippen molar-refractivity contribution in [2.45, 2.75) is 6.18 Å². The zero-order chi connectivity index (χ0) is 16.9. The molecule has 1 N–H and O–H groups in total. The topological polar surface area (TPSA) is 54.6 Å². The smallest absolute Gasteiger partial charge is 0.433 e. The Balaban J connectivity index is 2.24. The van der Waals surface area contributed by atoms with Gasteiger partial charge in [0.25, 0.3) is 0 Å². The summed E-state index contributed by atoms with van der Waals surface area (Å²) in [5.41, 5.74) is -0.675. The molecule has 0 amide bonds. The van der Waals surface area contributed by atoms with E-state index in [-0.39, 0.29) is 15.7 Å². The van der Waals surface area contributed by atoms with E-state index in [4.69, 9.17) is 28.3 Å². The highest BCUT2D eigenvalue weighted by Crippen LogP contribution is 2.39. The Morgan fingerprint density at radius 3 is 2.57 bits per heavy atom. The van der Waals surface area contributed by atoms with Crippen molar-refractivity contribution in [3.63, 3.8) is 0 Å². The monoisotopic (exact) mass is 380 g/mol. The van der Waals surface area contributed by atoms with Crippen LogP contribution in [0.4, 0.5) is 13.2 Å². The van der Waals surface area contributed by atoms with E-state index in [9.17, 15) is 18.0 Å². The number of hydrogen-bond donors (Lipinski definition) is 1. The molecule has 0 radical (unpaired) electrons. The molecule has 3 rings (SSSR count). The number of nitrogens with zero attached hydrogens (tertiary/aromatic N) is 2. The van der Waals surface area contributed by atoms with Crippen molar-refractivity contribution in [2.75, 3.05) is 0 Å². The molecule has 0 aliphatic rings. The average Bonchev–Trinajstić information content (AvgIpc) is 2.93. The fraction of sp³-hybridized carbons (Fsp3) is 0.0769. The highest BCUT2D eigenvalue weighted by molar-refractivity contribution is 7.19. The zero-order valence-corrected chi connectivity index (χ0v) is 13.2. The summed E-state index contributed by atoms with van der Waals surface area (Å²) >= 11 is 12.3. The van der Waals surface area contributed by atoms with E-state index in [1.54, 1.807) is 0 Å². The summed E-state index contributed by atoms with van der Waals surface area (Å²) < 4.78 is 40.2. The lowest BCUT2D eigenvalue weighted by atomic mass is 10.2. The molecule has 0 saturated carbocycles. The number of thiazole rings is 1. The first-order valence-corrected chi connectivity index (χ1v) is 7.53. The molecule has 2 aromatic heterocycles. The SMILES string of the molecule is O=C(O)c1sc2nc(-c3ccc(Cl)cc3Cl)cn2c1C(F)(F)F. The maximum atomic E-state index is 13.2. The van der Waals surface area contributed by atoms with Crippen molar-refractivity contribution in [3.05, 3.63) is 45.0 Å². The molecule has 0 spiro atoms. The normalized spacial score (nSPS) is 12.0. The van der Waals surface area contributed by atoms with E-state index in [2.05, 4.69) is 4.98 Å². The molecule has 120 valence electrons. The van der Waals surface area contributed by atoms with Crippen LogP contribution in [0.1, 0.15) is 15.4 Å². The number of hydrogen-bond acceptors (Lipinski definition) is 3. The molecular weight excluding hydrogens is 376 g/mol. The predicted octanol–water partition coefficient (Wildman–Crippen LogP) is 5.09. The Bertz CT molecular complexity index is 933. The minimum Gasteiger partial charge on any atom is -0.477 e. The van der Waals surface area contributed by atoms with Crippen molar-refractivity contribution < 1.29 is 23.1 Å². The van der Waals surface area contributed by atoms with Crippen LogP contribution < -0.4 is 0 Å². The molecule has 0 bridgehead atoms. The number of carbonyl (C=O) groups is 1. The first-order chi connectivity index (χ1) is 10.7. The van der Waals surface area contributed by atoms with E-state index in [0.717, 1.165) is 6.20 Å². The Labute approximate surface area is 140 Å². The number of aromatic nitrogens is 2. The van der Waals surface area contributed by atoms with Crippen molar-refractivity contribution in [1.82, 2.24) is 9.38 Å². The van der Waals surface area contributed by atoms with Crippen LogP contribution in [0.25, 0.3) is 16.2 Å². The van der Waals surface area contributed by atoms with E-state index in [1.807, 2.05) is 0 Å². The molecule has 0 saturated heterocycles. The number of imidazole rings is 1. The summed E-state index contributed by atoms with van der Waals surface area (Å²) in [5.74, 6) is -1.65. The Hall–Kier alpha value is -1.77. The number of aromatic carboxylic acids is 1. The lowest BCUT2D eigenvalue weighted by Gasteiger charge is -2.06. The molecule has 10 heteroatoms. The van der Waals surface area contributed by atoms with Crippen LogP contribution in [-0.2, 0) is 6.18 Å². The number of carboxylic acids is 1. The average molecular weight is 381 g/mol. The quantitative estimate of drug-likeness (QED) is 0.673. The van der Waals surface area contributed by atoms with Gasteiger partial charge in [-0.2, -0.15) is 13.2 Å². The largest absolute Gasteiger partial charge is 0.477 e. The fourth-order valence-electron chi connectivity index (χ4n) is 2.08. The lowest BCUT2D eigenvalue weighted by molar-refractivity contribution is -0.142. The fourth-order valence-corrected chi connectivity index (χ4v) is 3.55. The molecule has 0 unspecified atom stereocenters. The summed E-state index contributed by atoms with van der Waals surface area (Å²) in [4.78, 5) is 14.2. The third-order valence-corrected chi connectivity index (χ3v) is 4.58. The van der Waals surface area contributed by atoms with Gasteiger partial charge in [-0.25, -0.2) is 9.78 Å². The molecule has 2 heterocycles. The van der Waals surface area contributed by atoms with Crippen LogP contribution in [0.15, 0.2) is 24.4 Å². The summed E-state index contributed by atoms with van der Waals surface area (Å²) in [7, 11) is 0. The third-order valence-electron chi connectivity index (χ3n) is 2.99. The first-order valence-electron chi connectivity index (χ1n) is 5.96. The molecular formula is C13H5Cl2F3N2O2S. The minimum absolute atomic E-state index is 0.0873. The molecule has 0 atom stereocenters. The third kappa shape index (κ3) is 2.77. The van der Waals surface area contributed by atoms with E-state index < -0.39 is 22.7 Å². The molecule has 4 nitrogen and oxygen atoms in total. The number of carboxylic acid groups (broad SMARTS) is 1. The van der Waals surface area contributed by atoms with Crippen molar-refractivity contribution in [2.24, 2.45) is 0 Å². The minimum atomic E-state index is -4.83. The van der Waals surface area contributed by atoms with E-state index >= 15 is 0 Å². The maximum absolute atomic E-state index is 13.2. The van der Waals surface area contributed by atoms with Crippen LogP contribution in [-0.4, -0.2) is 20.5 Å². The van der Waals surface area contributed by atoms with Crippen LogP contribution in [0, 0.1) is 0 Å². The Morgan fingerprint density at radius 2 is 2.00 bits per heavy atom. The van der Waals surface area contributed by atoms with Gasteiger partial charge < -0.3 is 5.11 Å². The number of fused-ring (bicyclic) bond motifs is 1. The van der Waals surface area contributed by atoms with Crippen LogP contribution in [0.3, 0.4) is 0 Å². The highest BCUT2D eigenvalue weighted by atomic mass is 35.5. The number of halogens is 5. The van der Waals surface area contributed by atoms with Gasteiger partial charge in [0, 0.05) is 16.8 Å². The molecule has 3 aromatic rings. The molecule has 0 aliphatic carbocycles. The van der Waals surface area contributed by atoms with E-state index in [0.29, 0.717) is 26.3 Å². The Morgan fingerprint density at radius 1 is 1.30 bits per heavy atom. The van der Waals surface area contributed by atoms with Crippen molar-refractivity contribution in [1.29, 1.82) is 0 Å². The first kappa shape index (κ1) is 16.1. The summed E-state index contributed by atoms with van der Waals surface area (Å²) in [6.07, 6.45) is -3.72. The standard InChI is InChI=1S/C13H5Cl2F3N2O2S/c14-5-1-2-6(7(15)3-5)8-4-20-10(13(16,17)18)9(11(21)22)23-12(20)19-8/h1-4H,(H,21,22). The number of benzene rings is 1. The van der Waals surface area contributed by atoms with Crippen molar-refractivity contribution >= 4 is 45.5 Å². The summed E-state index contributed by atoms with van der Waals surface area (Å²) in [6, 6.07) is 4.51. The second-order valence-corrected chi connectivity index (χ2v) is 6.31. The number of rotatable bonds is 2. The van der Waals surface area contributed by atoms with Gasteiger partial charge in [-0.05, 0) is 18.2 Å². The summed E-state index contributed by atoms with van der Waals surface area (Å²) in [5, 5.41) is 9.55. The van der Waals surface area contributed by atoms with Gasteiger partial charge in [0.05, 0.1) is 10.7 Å². The Kier molecular flexibility index (Phi) is 3.78. The second kappa shape index (κ2) is 5.40. The van der Waals surface area contributed by atoms with Crippen LogP contribution >= 0.6 is 34.5 Å². The maximum Gasteiger partial charge on any atom is 0.433 e.